The van der Waals surface area contributed by atoms with Gasteiger partial charge in [0.15, 0.2) is 11.6 Å². The predicted octanol–water partition coefficient (Wildman–Crippen LogP) is 2.17. The fourth-order valence-electron chi connectivity index (χ4n) is 3.94. The molecule has 1 unspecified atom stereocenters. The number of carboxylic acids is 1. The number of hydrogen-bond acceptors (Lipinski definition) is 5. The average molecular weight is 429 g/mol. The Morgan fingerprint density at radius 2 is 2.10 bits per heavy atom. The van der Waals surface area contributed by atoms with E-state index in [1.165, 1.54) is 16.6 Å². The molecule has 2 N–H and O–H groups in total. The molecule has 162 valence electrons. The molecule has 0 spiro atoms. The number of halogens is 4. The zero-order valence-corrected chi connectivity index (χ0v) is 15.9. The van der Waals surface area contributed by atoms with Crippen LogP contribution in [0.2, 0.25) is 0 Å². The van der Waals surface area contributed by atoms with Crippen molar-refractivity contribution in [3.63, 3.8) is 0 Å². The minimum Gasteiger partial charge on any atom is -0.492 e. The van der Waals surface area contributed by atoms with Crippen LogP contribution in [0.1, 0.15) is 22.8 Å². The number of piperazine rings is 1. The van der Waals surface area contributed by atoms with Crippen molar-refractivity contribution in [1.82, 2.24) is 9.88 Å². The molecule has 7 nitrogen and oxygen atoms in total. The van der Waals surface area contributed by atoms with E-state index in [4.69, 9.17) is 4.74 Å². The lowest BCUT2D eigenvalue weighted by Gasteiger charge is -2.36. The van der Waals surface area contributed by atoms with Gasteiger partial charge >= 0.3 is 5.97 Å². The Hall–Kier alpha value is -2.82. The third-order valence-electron chi connectivity index (χ3n) is 5.50. The van der Waals surface area contributed by atoms with Crippen LogP contribution < -0.4 is 20.4 Å². The van der Waals surface area contributed by atoms with Gasteiger partial charge in [-0.05, 0) is 6.07 Å². The molecule has 30 heavy (non-hydrogen) atoms. The standard InChI is InChI=1S/C19H19F4N3O4/c1-30-17-14-8(16(27)9(19(28)29)6-26(14)13-5-10(13)20)4-11(21)15(17)25-3-2-24-12(7-25)18(22)23/h4,6,10,12-13,18,24H,2-3,5,7H2,1H3,(H,28,29)/t10-,12?,13+/m0/s1. The summed E-state index contributed by atoms with van der Waals surface area (Å²) in [5, 5.41) is 11.7. The first-order valence-corrected chi connectivity index (χ1v) is 9.33. The first kappa shape index (κ1) is 20.5. The Balaban J connectivity index is 1.97. The zero-order chi connectivity index (χ0) is 21.7. The van der Waals surface area contributed by atoms with Crippen molar-refractivity contribution < 1.29 is 32.2 Å². The van der Waals surface area contributed by atoms with Crippen molar-refractivity contribution in [1.29, 1.82) is 0 Å². The van der Waals surface area contributed by atoms with Gasteiger partial charge in [0.2, 0.25) is 5.43 Å². The Labute approximate surface area is 167 Å². The quantitative estimate of drug-likeness (QED) is 0.709. The maximum Gasteiger partial charge on any atom is 0.341 e. The Morgan fingerprint density at radius 1 is 1.40 bits per heavy atom. The predicted molar refractivity (Wildman–Crippen MR) is 100 cm³/mol. The summed E-state index contributed by atoms with van der Waals surface area (Å²) >= 11 is 0. The average Bonchev–Trinajstić information content (AvgIpc) is 3.43. The van der Waals surface area contributed by atoms with Gasteiger partial charge in [-0.15, -0.1) is 0 Å². The van der Waals surface area contributed by atoms with E-state index in [1.807, 2.05) is 0 Å². The van der Waals surface area contributed by atoms with E-state index >= 15 is 4.39 Å². The second-order valence-corrected chi connectivity index (χ2v) is 7.38. The number of hydrogen-bond donors (Lipinski definition) is 2. The molecule has 2 aliphatic rings. The molecule has 0 bridgehead atoms. The summed E-state index contributed by atoms with van der Waals surface area (Å²) in [6.07, 6.45) is -2.79. The Bertz CT molecular complexity index is 1070. The van der Waals surface area contributed by atoms with Crippen LogP contribution in [0.3, 0.4) is 0 Å². The van der Waals surface area contributed by atoms with Crippen LogP contribution in [0, 0.1) is 5.82 Å². The van der Waals surface area contributed by atoms with Crippen molar-refractivity contribution in [2.24, 2.45) is 0 Å². The molecule has 3 atom stereocenters. The highest BCUT2D eigenvalue weighted by Crippen LogP contribution is 2.45. The van der Waals surface area contributed by atoms with Crippen molar-refractivity contribution in [3.8, 4) is 5.75 Å². The van der Waals surface area contributed by atoms with Crippen molar-refractivity contribution in [2.75, 3.05) is 31.6 Å². The molecule has 1 saturated carbocycles. The summed E-state index contributed by atoms with van der Waals surface area (Å²) < 4.78 is 62.0. The highest BCUT2D eigenvalue weighted by molar-refractivity contribution is 5.97. The largest absolute Gasteiger partial charge is 0.492 e. The van der Waals surface area contributed by atoms with E-state index in [2.05, 4.69) is 5.32 Å². The van der Waals surface area contributed by atoms with E-state index < -0.39 is 47.5 Å². The SMILES string of the molecule is COc1c(N2CCNC(C(F)F)C2)c(F)cc2c(=O)c(C(=O)O)cn([C@@H]3C[C@@H]3F)c12. The molecule has 1 aliphatic heterocycles. The number of fused-ring (bicyclic) bond motifs is 1. The minimum absolute atomic E-state index is 0.0428. The van der Waals surface area contributed by atoms with Gasteiger partial charge in [0.25, 0.3) is 6.43 Å². The normalized spacial score (nSPS) is 23.8. The number of pyridine rings is 1. The maximum atomic E-state index is 15.1. The molecule has 2 heterocycles. The second kappa shape index (κ2) is 7.46. The number of methoxy groups -OCH3 is 1. The van der Waals surface area contributed by atoms with E-state index in [9.17, 15) is 27.9 Å². The number of ether oxygens (including phenoxy) is 1. The second-order valence-electron chi connectivity index (χ2n) is 7.38. The Kier molecular flexibility index (Phi) is 5.08. The van der Waals surface area contributed by atoms with Gasteiger partial charge in [0.1, 0.15) is 17.4 Å². The Morgan fingerprint density at radius 3 is 2.67 bits per heavy atom. The smallest absolute Gasteiger partial charge is 0.341 e. The van der Waals surface area contributed by atoms with E-state index in [-0.39, 0.29) is 48.4 Å². The maximum absolute atomic E-state index is 15.1. The van der Waals surface area contributed by atoms with Crippen molar-refractivity contribution in [2.45, 2.75) is 31.1 Å². The number of carboxylic acid groups (broad SMARTS) is 1. The summed E-state index contributed by atoms with van der Waals surface area (Å²) in [6.45, 7) is 0.174. The number of nitrogens with one attached hydrogen (secondary N) is 1. The third kappa shape index (κ3) is 3.26. The molecule has 2 fully saturated rings. The molecule has 0 amide bonds. The highest BCUT2D eigenvalue weighted by Gasteiger charge is 2.41. The number of aromatic nitrogens is 1. The minimum atomic E-state index is -2.67. The first-order chi connectivity index (χ1) is 14.2. The fourth-order valence-corrected chi connectivity index (χ4v) is 3.94. The summed E-state index contributed by atoms with van der Waals surface area (Å²) in [7, 11) is 1.23. The van der Waals surface area contributed by atoms with Crippen LogP contribution in [-0.4, -0.2) is 61.0 Å². The molecule has 2 aromatic rings. The van der Waals surface area contributed by atoms with Crippen molar-refractivity contribution >= 4 is 22.6 Å². The van der Waals surface area contributed by atoms with Gasteiger partial charge in [0.05, 0.1) is 30.1 Å². The fraction of sp³-hybridized carbons (Fsp3) is 0.474. The third-order valence-corrected chi connectivity index (χ3v) is 5.50. The van der Waals surface area contributed by atoms with Gasteiger partial charge in [0, 0.05) is 32.3 Å². The van der Waals surface area contributed by atoms with Crippen LogP contribution in [0.15, 0.2) is 17.1 Å². The number of alkyl halides is 3. The lowest BCUT2D eigenvalue weighted by molar-refractivity contribution is 0.0694. The summed E-state index contributed by atoms with van der Waals surface area (Å²) in [5.74, 6) is -2.54. The van der Waals surface area contributed by atoms with Crippen LogP contribution in [0.5, 0.6) is 5.75 Å². The number of nitrogens with zero attached hydrogens (tertiary/aromatic N) is 2. The molecular formula is C19H19F4N3O4. The van der Waals surface area contributed by atoms with Crippen molar-refractivity contribution in [3.05, 3.63) is 33.9 Å². The lowest BCUT2D eigenvalue weighted by atomic mass is 10.1. The van der Waals surface area contributed by atoms with Gasteiger partial charge in [-0.25, -0.2) is 22.4 Å². The topological polar surface area (TPSA) is 83.8 Å². The summed E-state index contributed by atoms with van der Waals surface area (Å²) in [4.78, 5) is 25.5. The first-order valence-electron chi connectivity index (χ1n) is 9.33. The zero-order valence-electron chi connectivity index (χ0n) is 15.9. The molecule has 1 aromatic heterocycles. The van der Waals surface area contributed by atoms with E-state index in [0.717, 1.165) is 12.3 Å². The molecule has 11 heteroatoms. The van der Waals surface area contributed by atoms with Crippen LogP contribution in [-0.2, 0) is 0 Å². The van der Waals surface area contributed by atoms with Crippen LogP contribution >= 0.6 is 0 Å². The van der Waals surface area contributed by atoms with Gasteiger partial charge < -0.3 is 24.6 Å². The number of aromatic carboxylic acids is 1. The van der Waals surface area contributed by atoms with E-state index in [1.54, 1.807) is 0 Å². The number of anilines is 1. The van der Waals surface area contributed by atoms with Gasteiger partial charge in [-0.2, -0.15) is 0 Å². The number of carbonyl (C=O) groups is 1. The molecule has 1 aliphatic carbocycles. The molecule has 1 aromatic carbocycles. The molecule has 1 saturated heterocycles. The molecule has 0 radical (unpaired) electrons. The van der Waals surface area contributed by atoms with Gasteiger partial charge in [-0.3, -0.25) is 4.79 Å². The van der Waals surface area contributed by atoms with Crippen LogP contribution in [0.4, 0.5) is 23.2 Å². The molecular weight excluding hydrogens is 410 g/mol. The van der Waals surface area contributed by atoms with Gasteiger partial charge in [-0.1, -0.05) is 0 Å². The summed E-state index contributed by atoms with van der Waals surface area (Å²) in [5.41, 5.74) is -1.62. The lowest BCUT2D eigenvalue weighted by Crippen LogP contribution is -2.54. The highest BCUT2D eigenvalue weighted by atomic mass is 19.3. The monoisotopic (exact) mass is 429 g/mol. The summed E-state index contributed by atoms with van der Waals surface area (Å²) in [6, 6.07) is -1.04. The number of benzene rings is 1. The number of rotatable bonds is 5. The van der Waals surface area contributed by atoms with Crippen LogP contribution in [0.25, 0.3) is 10.9 Å². The van der Waals surface area contributed by atoms with E-state index in [0.29, 0.717) is 0 Å². The molecule has 4 rings (SSSR count).